The molecule has 16 heavy (non-hydrogen) atoms. The Morgan fingerprint density at radius 3 is 3.06 bits per heavy atom. The number of nitrogens with zero attached hydrogens (tertiary/aromatic N) is 3. The lowest BCUT2D eigenvalue weighted by molar-refractivity contribution is 0.337. The van der Waals surface area contributed by atoms with E-state index < -0.39 is 0 Å². The van der Waals surface area contributed by atoms with E-state index in [1.165, 1.54) is 12.8 Å². The van der Waals surface area contributed by atoms with E-state index in [-0.39, 0.29) is 0 Å². The fourth-order valence-corrected chi connectivity index (χ4v) is 1.93. The predicted molar refractivity (Wildman–Crippen MR) is 61.4 cm³/mol. The van der Waals surface area contributed by atoms with Crippen molar-refractivity contribution in [2.45, 2.75) is 25.2 Å². The van der Waals surface area contributed by atoms with E-state index in [0.29, 0.717) is 5.92 Å². The second-order valence-corrected chi connectivity index (χ2v) is 4.64. The Hall–Kier alpha value is -0.940. The first kappa shape index (κ1) is 11.5. The molecule has 0 aliphatic carbocycles. The summed E-state index contributed by atoms with van der Waals surface area (Å²) in [5.41, 5.74) is 0. The first-order chi connectivity index (χ1) is 7.75. The van der Waals surface area contributed by atoms with Crippen LogP contribution in [0, 0.1) is 0 Å². The Balaban J connectivity index is 1.90. The van der Waals surface area contributed by atoms with Crippen LogP contribution in [0.25, 0.3) is 0 Å². The summed E-state index contributed by atoms with van der Waals surface area (Å²) in [5.74, 6) is 2.07. The fraction of sp³-hybridized carbons (Fsp3) is 0.818. The third-order valence-electron chi connectivity index (χ3n) is 2.92. The Bertz CT molecular complexity index is 318. The monoisotopic (exact) mass is 224 g/mol. The van der Waals surface area contributed by atoms with Crippen LogP contribution in [0.15, 0.2) is 4.52 Å². The molecule has 2 heterocycles. The van der Waals surface area contributed by atoms with Crippen LogP contribution >= 0.6 is 0 Å². The van der Waals surface area contributed by atoms with E-state index in [9.17, 15) is 0 Å². The number of hydrogen-bond donors (Lipinski definition) is 1. The molecule has 0 spiro atoms. The third-order valence-corrected chi connectivity index (χ3v) is 2.92. The highest BCUT2D eigenvalue weighted by Gasteiger charge is 2.20. The van der Waals surface area contributed by atoms with Gasteiger partial charge in [0.25, 0.3) is 0 Å². The maximum Gasteiger partial charge on any atom is 0.227 e. The molecule has 0 bridgehead atoms. The highest BCUT2D eigenvalue weighted by Crippen LogP contribution is 2.20. The molecule has 1 aromatic rings. The summed E-state index contributed by atoms with van der Waals surface area (Å²) < 4.78 is 5.25. The Morgan fingerprint density at radius 1 is 1.50 bits per heavy atom. The van der Waals surface area contributed by atoms with Crippen LogP contribution in [0.1, 0.15) is 30.5 Å². The molecule has 1 N–H and O–H groups in total. The van der Waals surface area contributed by atoms with Gasteiger partial charge in [0.05, 0.1) is 0 Å². The van der Waals surface area contributed by atoms with Crippen molar-refractivity contribution in [3.05, 3.63) is 11.7 Å². The molecule has 90 valence electrons. The van der Waals surface area contributed by atoms with Crippen molar-refractivity contribution in [1.82, 2.24) is 20.4 Å². The maximum atomic E-state index is 5.25. The zero-order valence-electron chi connectivity index (χ0n) is 10.1. The topological polar surface area (TPSA) is 54.2 Å². The van der Waals surface area contributed by atoms with E-state index in [1.54, 1.807) is 0 Å². The molecule has 1 unspecified atom stereocenters. The minimum atomic E-state index is 0.436. The van der Waals surface area contributed by atoms with E-state index in [2.05, 4.69) is 20.4 Å². The van der Waals surface area contributed by atoms with Gasteiger partial charge in [-0.25, -0.2) is 0 Å². The standard InChI is InChI=1S/C11H20N4O/c1-15(2)7-5-10-13-11(14-16-10)9-4-3-6-12-8-9/h9,12H,3-8H2,1-2H3. The molecule has 0 aromatic carbocycles. The first-order valence-corrected chi connectivity index (χ1v) is 5.93. The maximum absolute atomic E-state index is 5.25. The summed E-state index contributed by atoms with van der Waals surface area (Å²) >= 11 is 0. The van der Waals surface area contributed by atoms with Crippen LogP contribution < -0.4 is 5.32 Å². The van der Waals surface area contributed by atoms with Gasteiger partial charge in [-0.05, 0) is 33.5 Å². The number of aromatic nitrogens is 2. The number of likely N-dealkylation sites (N-methyl/N-ethyl adjacent to an activating group) is 1. The van der Waals surface area contributed by atoms with Crippen LogP contribution in [0.2, 0.25) is 0 Å². The molecule has 1 fully saturated rings. The molecule has 2 rings (SSSR count). The number of piperidine rings is 1. The highest BCUT2D eigenvalue weighted by molar-refractivity contribution is 4.98. The lowest BCUT2D eigenvalue weighted by Crippen LogP contribution is -2.28. The van der Waals surface area contributed by atoms with E-state index in [1.807, 2.05) is 14.1 Å². The molecule has 0 amide bonds. The summed E-state index contributed by atoms with van der Waals surface area (Å²) in [5, 5.41) is 7.44. The van der Waals surface area contributed by atoms with Crippen LogP contribution in [-0.2, 0) is 6.42 Å². The Kier molecular flexibility index (Phi) is 3.90. The van der Waals surface area contributed by atoms with Crippen LogP contribution in [-0.4, -0.2) is 48.8 Å². The van der Waals surface area contributed by atoms with Crippen LogP contribution in [0.5, 0.6) is 0 Å². The van der Waals surface area contributed by atoms with Crippen molar-refractivity contribution in [2.75, 3.05) is 33.7 Å². The number of nitrogens with one attached hydrogen (secondary N) is 1. The average molecular weight is 224 g/mol. The fourth-order valence-electron chi connectivity index (χ4n) is 1.93. The van der Waals surface area contributed by atoms with E-state index in [4.69, 9.17) is 4.52 Å². The molecule has 1 saturated heterocycles. The Morgan fingerprint density at radius 2 is 2.38 bits per heavy atom. The largest absolute Gasteiger partial charge is 0.339 e. The van der Waals surface area contributed by atoms with Gasteiger partial charge >= 0.3 is 0 Å². The van der Waals surface area contributed by atoms with Gasteiger partial charge in [0.1, 0.15) is 0 Å². The van der Waals surface area contributed by atoms with Gasteiger partial charge < -0.3 is 14.7 Å². The van der Waals surface area contributed by atoms with Gasteiger partial charge in [-0.1, -0.05) is 5.16 Å². The summed E-state index contributed by atoms with van der Waals surface area (Å²) in [7, 11) is 4.09. The number of hydrogen-bond acceptors (Lipinski definition) is 5. The minimum Gasteiger partial charge on any atom is -0.339 e. The molecule has 1 atom stereocenters. The third kappa shape index (κ3) is 3.02. The molecule has 0 radical (unpaired) electrons. The summed E-state index contributed by atoms with van der Waals surface area (Å²) in [6.45, 7) is 3.04. The van der Waals surface area contributed by atoms with Crippen LogP contribution in [0.4, 0.5) is 0 Å². The second kappa shape index (κ2) is 5.41. The minimum absolute atomic E-state index is 0.436. The molecular formula is C11H20N4O. The van der Waals surface area contributed by atoms with Gasteiger partial charge in [-0.15, -0.1) is 0 Å². The van der Waals surface area contributed by atoms with Crippen molar-refractivity contribution in [3.63, 3.8) is 0 Å². The highest BCUT2D eigenvalue weighted by atomic mass is 16.5. The van der Waals surface area contributed by atoms with Gasteiger partial charge in [0.2, 0.25) is 5.89 Å². The van der Waals surface area contributed by atoms with E-state index in [0.717, 1.165) is 37.8 Å². The van der Waals surface area contributed by atoms with E-state index >= 15 is 0 Å². The number of rotatable bonds is 4. The van der Waals surface area contributed by atoms with Crippen LogP contribution in [0.3, 0.4) is 0 Å². The van der Waals surface area contributed by atoms with Crippen molar-refractivity contribution >= 4 is 0 Å². The van der Waals surface area contributed by atoms with Crippen molar-refractivity contribution < 1.29 is 4.52 Å². The van der Waals surface area contributed by atoms with Crippen molar-refractivity contribution in [1.29, 1.82) is 0 Å². The lowest BCUT2D eigenvalue weighted by Gasteiger charge is -2.19. The average Bonchev–Trinajstić information content (AvgIpc) is 2.76. The van der Waals surface area contributed by atoms with Crippen molar-refractivity contribution in [3.8, 4) is 0 Å². The predicted octanol–water partition coefficient (Wildman–Crippen LogP) is 0.641. The second-order valence-electron chi connectivity index (χ2n) is 4.64. The smallest absolute Gasteiger partial charge is 0.227 e. The molecule has 1 aliphatic rings. The zero-order chi connectivity index (χ0) is 11.4. The Labute approximate surface area is 96.2 Å². The zero-order valence-corrected chi connectivity index (χ0v) is 10.1. The molecule has 0 saturated carbocycles. The summed E-state index contributed by atoms with van der Waals surface area (Å²) in [4.78, 5) is 6.58. The van der Waals surface area contributed by atoms with Gasteiger partial charge in [-0.2, -0.15) is 4.98 Å². The lowest BCUT2D eigenvalue weighted by atomic mass is 9.99. The van der Waals surface area contributed by atoms with Crippen molar-refractivity contribution in [2.24, 2.45) is 0 Å². The molecule has 5 nitrogen and oxygen atoms in total. The normalized spacial score (nSPS) is 21.6. The van der Waals surface area contributed by atoms with Gasteiger partial charge in [0.15, 0.2) is 5.82 Å². The van der Waals surface area contributed by atoms with Gasteiger partial charge in [-0.3, -0.25) is 0 Å². The summed E-state index contributed by atoms with van der Waals surface area (Å²) in [6, 6.07) is 0. The van der Waals surface area contributed by atoms with Gasteiger partial charge in [0, 0.05) is 25.4 Å². The SMILES string of the molecule is CN(C)CCc1nc(C2CCCNC2)no1. The first-order valence-electron chi connectivity index (χ1n) is 5.93. The quantitative estimate of drug-likeness (QED) is 0.813. The summed E-state index contributed by atoms with van der Waals surface area (Å²) in [6.07, 6.45) is 3.20. The molecule has 5 heteroatoms. The molecular weight excluding hydrogens is 204 g/mol. The molecule has 1 aromatic heterocycles. The molecule has 1 aliphatic heterocycles.